The van der Waals surface area contributed by atoms with Gasteiger partial charge in [-0.15, -0.1) is 0 Å². The lowest BCUT2D eigenvalue weighted by atomic mass is 9.48. The topological polar surface area (TPSA) is 190 Å². The lowest BCUT2D eigenvalue weighted by Crippen LogP contribution is -2.78. The predicted octanol–water partition coefficient (Wildman–Crippen LogP) is 5.96. The van der Waals surface area contributed by atoms with Crippen LogP contribution in [0.2, 0.25) is 0 Å². The average molecular weight is 872 g/mol. The van der Waals surface area contributed by atoms with E-state index in [9.17, 15) is 29.1 Å². The first-order valence-corrected chi connectivity index (χ1v) is 21.6. The summed E-state index contributed by atoms with van der Waals surface area (Å²) in [5, 5.41) is 13.8. The molecule has 2 heterocycles. The number of ether oxygens (including phenoxy) is 7. The number of hydrogen-bond acceptors (Lipinski definition) is 14. The predicted molar refractivity (Wildman–Crippen MR) is 221 cm³/mol. The second-order valence-corrected chi connectivity index (χ2v) is 20.0. The third-order valence-electron chi connectivity index (χ3n) is 14.3. The number of fused-ring (bicyclic) bond motifs is 4. The van der Waals surface area contributed by atoms with Crippen molar-refractivity contribution in [3.05, 3.63) is 82.9 Å². The lowest BCUT2D eigenvalue weighted by Gasteiger charge is -2.64. The number of rotatable bonds is 7. The Morgan fingerprint density at radius 3 is 2.06 bits per heavy atom. The van der Waals surface area contributed by atoms with E-state index >= 15 is 4.79 Å². The zero-order valence-corrected chi connectivity index (χ0v) is 37.4. The zero-order chi connectivity index (χ0) is 45.8. The second kappa shape index (κ2) is 15.0. The monoisotopic (exact) mass is 871 g/mol. The Hall–Kier alpha value is -5.12. The van der Waals surface area contributed by atoms with Crippen molar-refractivity contribution in [1.82, 2.24) is 4.90 Å². The first kappa shape index (κ1) is 44.5. The summed E-state index contributed by atoms with van der Waals surface area (Å²) >= 11 is 0. The molecule has 8 rings (SSSR count). The fraction of sp³-hybridized carbons (Fsp3) is 0.583. The Morgan fingerprint density at radius 1 is 0.857 bits per heavy atom. The van der Waals surface area contributed by atoms with Crippen LogP contribution in [0, 0.1) is 22.7 Å². The van der Waals surface area contributed by atoms with E-state index in [2.05, 4.69) is 0 Å². The SMILES string of the molecule is CC(=O)O[C@H]1C(=O)[C@]23C[C@H]2C[C@H]2OC[C@@]2(OC(C)=O)[C@H]3[C@H](OC(=O)c2ccccc2)[C@]2(O)C[C@H](OC(=O)[C@@H]3OC(C)(C)N(C(=O)OC(C)(C)C)[C@H]3c3ccccc3)C(C)=C1C2(C)C. The first-order chi connectivity index (χ1) is 29.4. The molecule has 3 saturated carbocycles. The van der Waals surface area contributed by atoms with E-state index in [1.165, 1.54) is 18.7 Å². The van der Waals surface area contributed by atoms with Crippen LogP contribution in [-0.4, -0.2) is 105 Å². The maximum Gasteiger partial charge on any atom is 0.413 e. The van der Waals surface area contributed by atoms with Crippen LogP contribution in [0.3, 0.4) is 0 Å². The van der Waals surface area contributed by atoms with E-state index in [0.717, 1.165) is 0 Å². The number of nitrogens with zero attached hydrogens (tertiary/aromatic N) is 1. The van der Waals surface area contributed by atoms with Crippen molar-refractivity contribution >= 4 is 35.8 Å². The Labute approximate surface area is 366 Å². The summed E-state index contributed by atoms with van der Waals surface area (Å²) in [6.07, 6.45) is -7.11. The van der Waals surface area contributed by atoms with Crippen molar-refractivity contribution in [2.45, 2.75) is 148 Å². The van der Waals surface area contributed by atoms with Crippen molar-refractivity contribution < 1.29 is 67.0 Å². The van der Waals surface area contributed by atoms with Gasteiger partial charge in [0.25, 0.3) is 0 Å². The average Bonchev–Trinajstić information content (AvgIpc) is 3.84. The van der Waals surface area contributed by atoms with Gasteiger partial charge in [0, 0.05) is 31.1 Å². The molecule has 0 radical (unpaired) electrons. The molecule has 6 aliphatic rings. The number of esters is 4. The van der Waals surface area contributed by atoms with Gasteiger partial charge in [0.1, 0.15) is 41.3 Å². The highest BCUT2D eigenvalue weighted by Crippen LogP contribution is 2.74. The van der Waals surface area contributed by atoms with Gasteiger partial charge in [0.05, 0.1) is 18.1 Å². The maximum absolute atomic E-state index is 15.6. The van der Waals surface area contributed by atoms with E-state index in [1.807, 2.05) is 0 Å². The van der Waals surface area contributed by atoms with Crippen LogP contribution in [0.25, 0.3) is 0 Å². The molecule has 0 aromatic heterocycles. The number of Topliss-reactive ketones (excluding diaryl/α,β-unsaturated/α-hetero) is 1. The molecule has 15 heteroatoms. The normalized spacial score (nSPS) is 35.9. The molecular formula is C48H57NO14. The van der Waals surface area contributed by atoms with Gasteiger partial charge in [-0.25, -0.2) is 14.4 Å². The number of aliphatic hydroxyl groups is 1. The van der Waals surface area contributed by atoms with Crippen LogP contribution < -0.4 is 0 Å². The van der Waals surface area contributed by atoms with Gasteiger partial charge in [-0.2, -0.15) is 0 Å². The third-order valence-corrected chi connectivity index (χ3v) is 14.3. The van der Waals surface area contributed by atoms with Crippen molar-refractivity contribution in [3.8, 4) is 0 Å². The molecule has 338 valence electrons. The number of ketones is 1. The third kappa shape index (κ3) is 6.96. The van der Waals surface area contributed by atoms with Crippen molar-refractivity contribution in [2.75, 3.05) is 6.61 Å². The number of carbonyl (C=O) groups excluding carboxylic acids is 6. The fourth-order valence-corrected chi connectivity index (χ4v) is 11.5. The molecule has 4 aliphatic carbocycles. The summed E-state index contributed by atoms with van der Waals surface area (Å²) in [7, 11) is 0. The summed E-state index contributed by atoms with van der Waals surface area (Å²) in [5.74, 6) is -5.19. The fourth-order valence-electron chi connectivity index (χ4n) is 11.5. The standard InChI is InChI=1S/C48H57NO14/c1-25-31(59-41(54)36-34(28-17-13-11-14-18-28)49(45(9,10)62-36)42(55)63-43(4,5)6)23-48(56)39(60-40(53)29-19-15-12-16-20-29)37-46(38(52)35(58-26(2)50)33(25)44(48,7)8)22-30(46)21-32-47(37,24-57-32)61-27(3)51/h11-20,30-32,34-37,39,56H,21-24H2,1-10H3/t30-,31+,32-,34+,35-,36-,37+,39+,46-,47+,48-/m1/s1. The van der Waals surface area contributed by atoms with Gasteiger partial charge in [-0.05, 0) is 89.1 Å². The molecule has 2 aromatic rings. The number of carbonyl (C=O) groups is 6. The number of amides is 1. The van der Waals surface area contributed by atoms with E-state index in [-0.39, 0.29) is 36.5 Å². The molecular weight excluding hydrogens is 815 g/mol. The molecule has 2 aromatic carbocycles. The molecule has 1 spiro atoms. The Bertz CT molecular complexity index is 2270. The highest BCUT2D eigenvalue weighted by molar-refractivity contribution is 5.97. The highest BCUT2D eigenvalue weighted by Gasteiger charge is 2.84. The van der Waals surface area contributed by atoms with Crippen LogP contribution in [0.15, 0.2) is 71.8 Å². The first-order valence-electron chi connectivity index (χ1n) is 21.6. The summed E-state index contributed by atoms with van der Waals surface area (Å²) in [6, 6.07) is 16.0. The minimum absolute atomic E-state index is 0.151. The molecule has 11 atom stereocenters. The minimum Gasteiger partial charge on any atom is -0.456 e. The number of hydrogen-bond donors (Lipinski definition) is 1. The summed E-state index contributed by atoms with van der Waals surface area (Å²) in [5.41, 5.74) is -7.67. The molecule has 2 aliphatic heterocycles. The molecule has 15 nitrogen and oxygen atoms in total. The summed E-state index contributed by atoms with van der Waals surface area (Å²) in [4.78, 5) is 86.3. The van der Waals surface area contributed by atoms with E-state index in [4.69, 9.17) is 33.2 Å². The largest absolute Gasteiger partial charge is 0.456 e. The van der Waals surface area contributed by atoms with Crippen molar-refractivity contribution in [2.24, 2.45) is 22.7 Å². The van der Waals surface area contributed by atoms with Crippen molar-refractivity contribution in [3.63, 3.8) is 0 Å². The second-order valence-electron chi connectivity index (χ2n) is 20.0. The molecule has 5 fully saturated rings. The smallest absolute Gasteiger partial charge is 0.413 e. The van der Waals surface area contributed by atoms with Gasteiger partial charge in [-0.1, -0.05) is 62.4 Å². The molecule has 1 N–H and O–H groups in total. The molecule has 2 saturated heterocycles. The van der Waals surface area contributed by atoms with E-state index in [0.29, 0.717) is 17.6 Å². The maximum atomic E-state index is 15.6. The van der Waals surface area contributed by atoms with Crippen molar-refractivity contribution in [1.29, 1.82) is 0 Å². The Kier molecular flexibility index (Phi) is 10.6. The Morgan fingerprint density at radius 2 is 1.49 bits per heavy atom. The van der Waals surface area contributed by atoms with Crippen LogP contribution in [0.5, 0.6) is 0 Å². The van der Waals surface area contributed by atoms with Crippen LogP contribution in [-0.2, 0) is 52.3 Å². The van der Waals surface area contributed by atoms with Crippen LogP contribution in [0.1, 0.15) is 110 Å². The van der Waals surface area contributed by atoms with Gasteiger partial charge in [0.2, 0.25) is 0 Å². The van der Waals surface area contributed by atoms with E-state index < -0.39 is 112 Å². The molecule has 63 heavy (non-hydrogen) atoms. The van der Waals surface area contributed by atoms with Gasteiger partial charge < -0.3 is 38.3 Å². The van der Waals surface area contributed by atoms with E-state index in [1.54, 1.807) is 116 Å². The highest BCUT2D eigenvalue weighted by atomic mass is 16.6. The van der Waals surface area contributed by atoms with Gasteiger partial charge >= 0.3 is 30.0 Å². The Balaban J connectivity index is 1.28. The van der Waals surface area contributed by atoms with Crippen LogP contribution in [0.4, 0.5) is 4.79 Å². The van der Waals surface area contributed by atoms with Crippen LogP contribution >= 0.6 is 0 Å². The summed E-state index contributed by atoms with van der Waals surface area (Å²) in [6.45, 7) is 15.7. The molecule has 1 amide bonds. The summed E-state index contributed by atoms with van der Waals surface area (Å²) < 4.78 is 43.5. The lowest BCUT2D eigenvalue weighted by molar-refractivity contribution is -0.323. The van der Waals surface area contributed by atoms with Gasteiger partial charge in [-0.3, -0.25) is 19.3 Å². The minimum atomic E-state index is -2.21. The quantitative estimate of drug-likeness (QED) is 0.195. The van der Waals surface area contributed by atoms with Gasteiger partial charge in [0.15, 0.2) is 23.6 Å². The number of benzene rings is 2. The zero-order valence-electron chi connectivity index (χ0n) is 37.4. The molecule has 0 unspecified atom stereocenters. The molecule has 2 bridgehead atoms.